The van der Waals surface area contributed by atoms with Crippen molar-refractivity contribution in [2.75, 3.05) is 5.32 Å². The van der Waals surface area contributed by atoms with Crippen LogP contribution in [0.5, 0.6) is 5.75 Å². The molecule has 1 saturated carbocycles. The van der Waals surface area contributed by atoms with Gasteiger partial charge < -0.3 is 15.0 Å². The molecule has 0 radical (unpaired) electrons. The molecule has 29 heavy (non-hydrogen) atoms. The van der Waals surface area contributed by atoms with Gasteiger partial charge in [-0.3, -0.25) is 4.79 Å². The smallest absolute Gasteiger partial charge is 0.322 e. The maximum Gasteiger partial charge on any atom is 0.322 e. The van der Waals surface area contributed by atoms with Crippen LogP contribution < -0.4 is 15.6 Å². The van der Waals surface area contributed by atoms with Gasteiger partial charge in [0.25, 0.3) is 5.56 Å². The fraction of sp³-hybridized carbons (Fsp3) is 0.450. The molecule has 2 bridgehead atoms. The summed E-state index contributed by atoms with van der Waals surface area (Å²) in [5.41, 5.74) is 1.34. The van der Waals surface area contributed by atoms with Gasteiger partial charge in [0.2, 0.25) is 0 Å². The van der Waals surface area contributed by atoms with Crippen molar-refractivity contribution in [3.63, 3.8) is 0 Å². The normalized spacial score (nSPS) is 22.8. The summed E-state index contributed by atoms with van der Waals surface area (Å²) in [5.74, 6) is -0.295. The van der Waals surface area contributed by atoms with Crippen LogP contribution in [0.15, 0.2) is 23.0 Å². The molecule has 2 atom stereocenters. The van der Waals surface area contributed by atoms with Crippen molar-refractivity contribution in [2.45, 2.75) is 56.7 Å². The van der Waals surface area contributed by atoms with E-state index in [4.69, 9.17) is 16.3 Å². The van der Waals surface area contributed by atoms with Crippen LogP contribution in [0.1, 0.15) is 49.4 Å². The Labute approximate surface area is 171 Å². The van der Waals surface area contributed by atoms with Crippen LogP contribution in [0.25, 0.3) is 0 Å². The highest BCUT2D eigenvalue weighted by atomic mass is 35.5. The highest BCUT2D eigenvalue weighted by molar-refractivity contribution is 6.32. The number of aromatic amines is 1. The molecular formula is C20H20ClFN4O3. The van der Waals surface area contributed by atoms with E-state index >= 15 is 0 Å². The maximum absolute atomic E-state index is 14.6. The number of fused-ring (bicyclic) bond motifs is 4. The Morgan fingerprint density at radius 1 is 1.28 bits per heavy atom. The van der Waals surface area contributed by atoms with E-state index in [9.17, 15) is 14.0 Å². The van der Waals surface area contributed by atoms with E-state index in [0.717, 1.165) is 37.7 Å². The van der Waals surface area contributed by atoms with Crippen LogP contribution in [-0.4, -0.2) is 33.3 Å². The number of anilines is 1. The quantitative estimate of drug-likeness (QED) is 0.793. The van der Waals surface area contributed by atoms with Crippen molar-refractivity contribution in [3.8, 4) is 5.75 Å². The molecule has 2 unspecified atom stereocenters. The van der Waals surface area contributed by atoms with E-state index in [-0.39, 0.29) is 34.5 Å². The molecule has 2 N–H and O–H groups in total. The van der Waals surface area contributed by atoms with Crippen LogP contribution in [0.3, 0.4) is 0 Å². The number of hydrogen-bond donors (Lipinski definition) is 2. The lowest BCUT2D eigenvalue weighted by molar-refractivity contribution is 0.120. The van der Waals surface area contributed by atoms with Crippen LogP contribution in [0.4, 0.5) is 14.9 Å². The second-order valence-corrected chi connectivity index (χ2v) is 8.27. The van der Waals surface area contributed by atoms with Gasteiger partial charge in [-0.25, -0.2) is 14.3 Å². The van der Waals surface area contributed by atoms with Crippen molar-refractivity contribution < 1.29 is 13.9 Å². The standard InChI is InChI=1S/C20H20ClFN4O3/c21-13-8-15(14(22)9-17(13)29-12-2-1-3-12)23-20(28)26-11-4-5-16(26)19-10(6-11)7-18(27)24-25-19/h7-9,11-12,16H,1-6H2,(H,23,28)(H,24,27). The van der Waals surface area contributed by atoms with Crippen LogP contribution >= 0.6 is 11.6 Å². The van der Waals surface area contributed by atoms with E-state index < -0.39 is 11.8 Å². The topological polar surface area (TPSA) is 87.3 Å². The minimum Gasteiger partial charge on any atom is -0.489 e. The van der Waals surface area contributed by atoms with Crippen molar-refractivity contribution >= 4 is 23.3 Å². The van der Waals surface area contributed by atoms with E-state index in [0.29, 0.717) is 17.9 Å². The number of benzene rings is 1. The number of rotatable bonds is 3. The summed E-state index contributed by atoms with van der Waals surface area (Å²) < 4.78 is 20.3. The van der Waals surface area contributed by atoms with E-state index in [1.54, 1.807) is 11.0 Å². The SMILES string of the molecule is O=C(Nc1cc(Cl)c(OC2CCC2)cc1F)N1C2CCC1c1n[nH]c(=O)cc1C2. The molecule has 1 aromatic heterocycles. The Morgan fingerprint density at radius 3 is 2.86 bits per heavy atom. The zero-order chi connectivity index (χ0) is 20.1. The van der Waals surface area contributed by atoms with E-state index in [1.165, 1.54) is 12.1 Å². The molecule has 152 valence electrons. The van der Waals surface area contributed by atoms with Gasteiger partial charge in [-0.15, -0.1) is 0 Å². The number of halogens is 2. The van der Waals surface area contributed by atoms with Crippen LogP contribution in [0, 0.1) is 5.82 Å². The third kappa shape index (κ3) is 3.25. The molecule has 2 aliphatic heterocycles. The molecule has 2 fully saturated rings. The minimum atomic E-state index is -0.593. The van der Waals surface area contributed by atoms with Gasteiger partial charge in [0.1, 0.15) is 5.75 Å². The molecule has 1 aromatic carbocycles. The van der Waals surface area contributed by atoms with Crippen LogP contribution in [0.2, 0.25) is 5.02 Å². The Hall–Kier alpha value is -2.61. The van der Waals surface area contributed by atoms with Crippen LogP contribution in [-0.2, 0) is 6.42 Å². The Balaban J connectivity index is 1.36. The zero-order valence-corrected chi connectivity index (χ0v) is 16.3. The fourth-order valence-corrected chi connectivity index (χ4v) is 4.59. The van der Waals surface area contributed by atoms with Gasteiger partial charge in [-0.1, -0.05) is 11.6 Å². The van der Waals surface area contributed by atoms with Crippen molar-refractivity contribution in [2.24, 2.45) is 0 Å². The molecule has 9 heteroatoms. The van der Waals surface area contributed by atoms with E-state index in [2.05, 4.69) is 15.5 Å². The number of amides is 2. The number of carbonyl (C=O) groups is 1. The first-order valence-corrected chi connectivity index (χ1v) is 10.2. The largest absolute Gasteiger partial charge is 0.489 e. The van der Waals surface area contributed by atoms with Gasteiger partial charge in [0, 0.05) is 18.2 Å². The predicted octanol–water partition coefficient (Wildman–Crippen LogP) is 3.79. The maximum atomic E-state index is 14.6. The molecule has 1 aliphatic carbocycles. The predicted molar refractivity (Wildman–Crippen MR) is 105 cm³/mol. The zero-order valence-electron chi connectivity index (χ0n) is 15.6. The van der Waals surface area contributed by atoms with Gasteiger partial charge in [-0.2, -0.15) is 5.10 Å². The summed E-state index contributed by atoms with van der Waals surface area (Å²) >= 11 is 6.25. The summed E-state index contributed by atoms with van der Waals surface area (Å²) in [6.07, 6.45) is 5.18. The molecule has 2 amide bonds. The number of ether oxygens (including phenoxy) is 1. The second-order valence-electron chi connectivity index (χ2n) is 7.86. The number of H-pyrrole nitrogens is 1. The number of aromatic nitrogens is 2. The Kier molecular flexibility index (Phi) is 4.46. The lowest BCUT2D eigenvalue weighted by Crippen LogP contribution is -2.45. The number of hydrogen-bond acceptors (Lipinski definition) is 4. The molecule has 3 heterocycles. The van der Waals surface area contributed by atoms with E-state index in [1.807, 2.05) is 0 Å². The first-order valence-electron chi connectivity index (χ1n) is 9.83. The molecular weight excluding hydrogens is 399 g/mol. The Bertz CT molecular complexity index is 1040. The van der Waals surface area contributed by atoms with Crippen molar-refractivity contribution in [1.82, 2.24) is 15.1 Å². The van der Waals surface area contributed by atoms with Gasteiger partial charge in [0.05, 0.1) is 28.5 Å². The number of nitrogens with zero attached hydrogens (tertiary/aromatic N) is 2. The lowest BCUT2D eigenvalue weighted by Gasteiger charge is -2.35. The number of carbonyl (C=O) groups excluding carboxylic acids is 1. The van der Waals surface area contributed by atoms with Crippen molar-refractivity contribution in [3.05, 3.63) is 50.7 Å². The monoisotopic (exact) mass is 418 g/mol. The molecule has 5 rings (SSSR count). The summed E-state index contributed by atoms with van der Waals surface area (Å²) in [6.45, 7) is 0. The number of nitrogens with one attached hydrogen (secondary N) is 2. The third-order valence-corrected chi connectivity index (χ3v) is 6.33. The van der Waals surface area contributed by atoms with Crippen molar-refractivity contribution in [1.29, 1.82) is 0 Å². The van der Waals surface area contributed by atoms with Gasteiger partial charge >= 0.3 is 6.03 Å². The molecule has 0 spiro atoms. The summed E-state index contributed by atoms with van der Waals surface area (Å²) in [6, 6.07) is 3.47. The minimum absolute atomic E-state index is 0.0144. The third-order valence-electron chi connectivity index (χ3n) is 6.04. The summed E-state index contributed by atoms with van der Waals surface area (Å²) in [7, 11) is 0. The number of urea groups is 1. The first-order chi connectivity index (χ1) is 14.0. The summed E-state index contributed by atoms with van der Waals surface area (Å²) in [5, 5.41) is 9.50. The summed E-state index contributed by atoms with van der Waals surface area (Å²) in [4.78, 5) is 26.2. The van der Waals surface area contributed by atoms with Gasteiger partial charge in [-0.05, 0) is 50.2 Å². The fourth-order valence-electron chi connectivity index (χ4n) is 4.38. The van der Waals surface area contributed by atoms with Gasteiger partial charge in [0.15, 0.2) is 5.82 Å². The second kappa shape index (κ2) is 7.02. The molecule has 7 nitrogen and oxygen atoms in total. The average molecular weight is 419 g/mol. The Morgan fingerprint density at radius 2 is 2.10 bits per heavy atom. The molecule has 1 saturated heterocycles. The highest BCUT2D eigenvalue weighted by Crippen LogP contribution is 2.43. The molecule has 3 aliphatic rings. The average Bonchev–Trinajstić information content (AvgIpc) is 2.97. The molecule has 2 aromatic rings. The highest BCUT2D eigenvalue weighted by Gasteiger charge is 2.44. The first kappa shape index (κ1) is 18.4. The lowest BCUT2D eigenvalue weighted by atomic mass is 9.96.